The van der Waals surface area contributed by atoms with Crippen LogP contribution in [0.15, 0.2) is 23.4 Å². The van der Waals surface area contributed by atoms with Crippen molar-refractivity contribution in [2.24, 2.45) is 0 Å². The minimum Gasteiger partial charge on any atom is -0.469 e. The first-order chi connectivity index (χ1) is 8.67. The molecule has 0 saturated carbocycles. The lowest BCUT2D eigenvalue weighted by Gasteiger charge is -2.05. The molecule has 1 aromatic rings. The molecule has 18 heavy (non-hydrogen) atoms. The second kappa shape index (κ2) is 7.71. The number of hydrogen-bond donors (Lipinski definition) is 1. The monoisotopic (exact) mass is 268 g/mol. The van der Waals surface area contributed by atoms with Gasteiger partial charge in [0, 0.05) is 18.3 Å². The molecule has 0 aliphatic heterocycles. The number of aromatic nitrogens is 1. The van der Waals surface area contributed by atoms with Crippen molar-refractivity contribution in [3.8, 4) is 0 Å². The molecular formula is C12H16N2O3S. The minimum atomic E-state index is -0.341. The summed E-state index contributed by atoms with van der Waals surface area (Å²) in [5.41, 5.74) is 0.547. The Labute approximate surface area is 110 Å². The fraction of sp³-hybridized carbons (Fsp3) is 0.417. The Hall–Kier alpha value is -1.56. The number of ether oxygens (including phenoxy) is 1. The third-order valence-electron chi connectivity index (χ3n) is 2.13. The average molecular weight is 268 g/mol. The van der Waals surface area contributed by atoms with Gasteiger partial charge in [0.25, 0.3) is 5.91 Å². The number of rotatable bonds is 6. The van der Waals surface area contributed by atoms with Crippen molar-refractivity contribution in [1.82, 2.24) is 10.3 Å². The Kier molecular flexibility index (Phi) is 6.21. The molecule has 1 amide bonds. The SMILES string of the molecule is CCSc1cc(C(=O)NCCC(=O)OC)ccn1. The molecule has 1 aromatic heterocycles. The summed E-state index contributed by atoms with van der Waals surface area (Å²) in [6, 6.07) is 3.38. The zero-order valence-electron chi connectivity index (χ0n) is 10.4. The van der Waals surface area contributed by atoms with E-state index in [-0.39, 0.29) is 24.8 Å². The largest absolute Gasteiger partial charge is 0.469 e. The molecule has 1 rings (SSSR count). The molecular weight excluding hydrogens is 252 g/mol. The van der Waals surface area contributed by atoms with Crippen LogP contribution in [0.3, 0.4) is 0 Å². The lowest BCUT2D eigenvalue weighted by atomic mass is 10.2. The van der Waals surface area contributed by atoms with E-state index in [1.54, 1.807) is 30.1 Å². The number of amides is 1. The van der Waals surface area contributed by atoms with Crippen molar-refractivity contribution in [3.63, 3.8) is 0 Å². The normalized spacial score (nSPS) is 9.89. The Morgan fingerprint density at radius 2 is 2.28 bits per heavy atom. The maximum Gasteiger partial charge on any atom is 0.307 e. The van der Waals surface area contributed by atoms with E-state index in [4.69, 9.17) is 0 Å². The highest BCUT2D eigenvalue weighted by molar-refractivity contribution is 7.99. The number of pyridine rings is 1. The van der Waals surface area contributed by atoms with Crippen LogP contribution >= 0.6 is 11.8 Å². The molecule has 0 aliphatic rings. The summed E-state index contributed by atoms with van der Waals surface area (Å²) in [5, 5.41) is 3.47. The van der Waals surface area contributed by atoms with Crippen LogP contribution in [0.4, 0.5) is 0 Å². The van der Waals surface area contributed by atoms with Gasteiger partial charge in [0.05, 0.1) is 18.6 Å². The van der Waals surface area contributed by atoms with E-state index in [0.29, 0.717) is 5.56 Å². The maximum atomic E-state index is 11.8. The summed E-state index contributed by atoms with van der Waals surface area (Å²) in [4.78, 5) is 26.8. The number of carbonyl (C=O) groups is 2. The molecule has 0 atom stereocenters. The Balaban J connectivity index is 2.50. The molecule has 0 unspecified atom stereocenters. The highest BCUT2D eigenvalue weighted by atomic mass is 32.2. The summed E-state index contributed by atoms with van der Waals surface area (Å²) in [6.45, 7) is 2.29. The van der Waals surface area contributed by atoms with Gasteiger partial charge in [-0.25, -0.2) is 4.98 Å². The Morgan fingerprint density at radius 3 is 2.94 bits per heavy atom. The number of methoxy groups -OCH3 is 1. The van der Waals surface area contributed by atoms with Gasteiger partial charge in [0.2, 0.25) is 0 Å². The van der Waals surface area contributed by atoms with Crippen molar-refractivity contribution in [2.45, 2.75) is 18.4 Å². The van der Waals surface area contributed by atoms with Gasteiger partial charge in [-0.1, -0.05) is 6.92 Å². The number of nitrogens with zero attached hydrogens (tertiary/aromatic N) is 1. The van der Waals surface area contributed by atoms with Gasteiger partial charge < -0.3 is 10.1 Å². The number of thioether (sulfide) groups is 1. The predicted molar refractivity (Wildman–Crippen MR) is 69.6 cm³/mol. The second-order valence-corrected chi connectivity index (χ2v) is 4.68. The van der Waals surface area contributed by atoms with Gasteiger partial charge in [-0.05, 0) is 17.9 Å². The van der Waals surface area contributed by atoms with E-state index in [0.717, 1.165) is 10.8 Å². The summed E-state index contributed by atoms with van der Waals surface area (Å²) in [5.74, 6) is 0.354. The summed E-state index contributed by atoms with van der Waals surface area (Å²) in [6.07, 6.45) is 1.77. The van der Waals surface area contributed by atoms with Gasteiger partial charge in [-0.2, -0.15) is 0 Å². The van der Waals surface area contributed by atoms with Crippen LogP contribution in [0.25, 0.3) is 0 Å². The van der Waals surface area contributed by atoms with Crippen molar-refractivity contribution in [1.29, 1.82) is 0 Å². The molecule has 6 heteroatoms. The molecule has 0 spiro atoms. The van der Waals surface area contributed by atoms with E-state index in [1.807, 2.05) is 6.92 Å². The van der Waals surface area contributed by atoms with E-state index < -0.39 is 0 Å². The first-order valence-corrected chi connectivity index (χ1v) is 6.59. The molecule has 0 radical (unpaired) electrons. The standard InChI is InChI=1S/C12H16N2O3S/c1-3-18-10-8-9(4-6-13-10)12(16)14-7-5-11(15)17-2/h4,6,8H,3,5,7H2,1-2H3,(H,14,16). The van der Waals surface area contributed by atoms with Gasteiger partial charge in [-0.15, -0.1) is 11.8 Å². The van der Waals surface area contributed by atoms with Crippen LogP contribution in [-0.2, 0) is 9.53 Å². The van der Waals surface area contributed by atoms with Crippen LogP contribution in [0, 0.1) is 0 Å². The number of hydrogen-bond acceptors (Lipinski definition) is 5. The highest BCUT2D eigenvalue weighted by Crippen LogP contribution is 2.15. The lowest BCUT2D eigenvalue weighted by molar-refractivity contribution is -0.140. The van der Waals surface area contributed by atoms with E-state index >= 15 is 0 Å². The first kappa shape index (κ1) is 14.5. The van der Waals surface area contributed by atoms with Crippen molar-refractivity contribution >= 4 is 23.6 Å². The summed E-state index contributed by atoms with van der Waals surface area (Å²) < 4.78 is 4.49. The molecule has 0 aliphatic carbocycles. The molecule has 0 bridgehead atoms. The van der Waals surface area contributed by atoms with Crippen molar-refractivity contribution < 1.29 is 14.3 Å². The Morgan fingerprint density at radius 1 is 1.50 bits per heavy atom. The first-order valence-electron chi connectivity index (χ1n) is 5.61. The van der Waals surface area contributed by atoms with Crippen LogP contribution in [0.2, 0.25) is 0 Å². The number of nitrogens with one attached hydrogen (secondary N) is 1. The highest BCUT2D eigenvalue weighted by Gasteiger charge is 2.07. The third kappa shape index (κ3) is 4.75. The van der Waals surface area contributed by atoms with Gasteiger partial charge in [-0.3, -0.25) is 9.59 Å². The molecule has 0 fully saturated rings. The van der Waals surface area contributed by atoms with Crippen LogP contribution in [0.1, 0.15) is 23.7 Å². The maximum absolute atomic E-state index is 11.8. The van der Waals surface area contributed by atoms with E-state index in [1.165, 1.54) is 7.11 Å². The fourth-order valence-corrected chi connectivity index (χ4v) is 1.90. The molecule has 5 nitrogen and oxygen atoms in total. The molecule has 98 valence electrons. The predicted octanol–water partition coefficient (Wildman–Crippen LogP) is 1.49. The topological polar surface area (TPSA) is 68.3 Å². The quantitative estimate of drug-likeness (QED) is 0.625. The van der Waals surface area contributed by atoms with Gasteiger partial charge in [0.15, 0.2) is 0 Å². The van der Waals surface area contributed by atoms with Crippen LogP contribution in [-0.4, -0.2) is 36.3 Å². The third-order valence-corrected chi connectivity index (χ3v) is 2.94. The van der Waals surface area contributed by atoms with Gasteiger partial charge in [0.1, 0.15) is 0 Å². The molecule has 0 aromatic carbocycles. The van der Waals surface area contributed by atoms with Crippen LogP contribution in [0.5, 0.6) is 0 Å². The summed E-state index contributed by atoms with van der Waals surface area (Å²) in [7, 11) is 1.32. The Bertz CT molecular complexity index is 424. The van der Waals surface area contributed by atoms with Gasteiger partial charge >= 0.3 is 5.97 Å². The zero-order valence-corrected chi connectivity index (χ0v) is 11.3. The number of esters is 1. The van der Waals surface area contributed by atoms with Crippen molar-refractivity contribution in [2.75, 3.05) is 19.4 Å². The number of carbonyl (C=O) groups excluding carboxylic acids is 2. The van der Waals surface area contributed by atoms with Crippen molar-refractivity contribution in [3.05, 3.63) is 23.9 Å². The molecule has 0 saturated heterocycles. The average Bonchev–Trinajstić information content (AvgIpc) is 2.39. The lowest BCUT2D eigenvalue weighted by Crippen LogP contribution is -2.26. The second-order valence-electron chi connectivity index (χ2n) is 3.40. The molecule has 1 N–H and O–H groups in total. The summed E-state index contributed by atoms with van der Waals surface area (Å²) >= 11 is 1.57. The molecule has 1 heterocycles. The fourth-order valence-electron chi connectivity index (χ4n) is 1.26. The van der Waals surface area contributed by atoms with E-state index in [2.05, 4.69) is 15.0 Å². The van der Waals surface area contributed by atoms with E-state index in [9.17, 15) is 9.59 Å². The van der Waals surface area contributed by atoms with Crippen LogP contribution < -0.4 is 5.32 Å². The zero-order chi connectivity index (χ0) is 13.4. The minimum absolute atomic E-state index is 0.171. The smallest absolute Gasteiger partial charge is 0.307 e.